The third-order valence-corrected chi connectivity index (χ3v) is 3.91. The van der Waals surface area contributed by atoms with Crippen molar-refractivity contribution in [3.63, 3.8) is 0 Å². The van der Waals surface area contributed by atoms with Crippen LogP contribution in [0.15, 0.2) is 24.3 Å². The molecule has 0 spiro atoms. The number of anilines is 1. The average molecular weight is 248 g/mol. The number of hydrogen-bond donors (Lipinski definition) is 2. The second-order valence-corrected chi connectivity index (χ2v) is 5.36. The summed E-state index contributed by atoms with van der Waals surface area (Å²) in [6, 6.07) is 8.62. The molecule has 0 aromatic heterocycles. The van der Waals surface area contributed by atoms with Crippen LogP contribution >= 0.6 is 12.2 Å². The average Bonchev–Trinajstić information content (AvgIpc) is 2.83. The fourth-order valence-corrected chi connectivity index (χ4v) is 2.70. The lowest BCUT2D eigenvalue weighted by Gasteiger charge is -2.21. The molecule has 2 rings (SSSR count). The molecule has 0 heterocycles. The Kier molecular flexibility index (Phi) is 4.00. The Hall–Kier alpha value is -1.09. The number of thiocarbonyl (C=S) groups is 1. The highest BCUT2D eigenvalue weighted by Gasteiger charge is 2.21. The number of rotatable bonds is 4. The first-order valence-electron chi connectivity index (χ1n) is 6.33. The van der Waals surface area contributed by atoms with Crippen molar-refractivity contribution in [1.29, 1.82) is 0 Å². The van der Waals surface area contributed by atoms with Crippen LogP contribution in [0.1, 0.15) is 38.2 Å². The first-order valence-corrected chi connectivity index (χ1v) is 6.74. The molecule has 0 aliphatic heterocycles. The van der Waals surface area contributed by atoms with Gasteiger partial charge in [0.05, 0.1) is 0 Å². The molecular formula is C14H20N2S. The largest absolute Gasteiger partial charge is 0.389 e. The molecule has 1 aliphatic carbocycles. The number of benzene rings is 1. The molecule has 0 radical (unpaired) electrons. The predicted octanol–water partition coefficient (Wildman–Crippen LogP) is 3.31. The standard InChI is InChI=1S/C14H20N2S/c1-10(11-4-2-3-5-11)16-13-8-6-12(7-9-13)14(15)17/h6-11,16H,2-5H2,1H3,(H2,15,17). The zero-order chi connectivity index (χ0) is 12.3. The molecular weight excluding hydrogens is 228 g/mol. The van der Waals surface area contributed by atoms with Crippen LogP contribution in [0.4, 0.5) is 5.69 Å². The van der Waals surface area contributed by atoms with Crippen LogP contribution in [0.25, 0.3) is 0 Å². The van der Waals surface area contributed by atoms with E-state index in [0.717, 1.165) is 17.2 Å². The minimum atomic E-state index is 0.459. The first kappa shape index (κ1) is 12.4. The minimum Gasteiger partial charge on any atom is -0.389 e. The van der Waals surface area contributed by atoms with Crippen LogP contribution < -0.4 is 11.1 Å². The molecule has 3 heteroatoms. The zero-order valence-corrected chi connectivity index (χ0v) is 11.1. The lowest BCUT2D eigenvalue weighted by molar-refractivity contribution is 0.482. The second-order valence-electron chi connectivity index (χ2n) is 4.92. The molecule has 1 saturated carbocycles. The summed E-state index contributed by atoms with van der Waals surface area (Å²) < 4.78 is 0. The van der Waals surface area contributed by atoms with E-state index < -0.39 is 0 Å². The van der Waals surface area contributed by atoms with Crippen molar-refractivity contribution in [2.24, 2.45) is 11.7 Å². The predicted molar refractivity (Wildman–Crippen MR) is 77.4 cm³/mol. The van der Waals surface area contributed by atoms with E-state index in [1.807, 2.05) is 12.1 Å². The van der Waals surface area contributed by atoms with E-state index in [9.17, 15) is 0 Å². The van der Waals surface area contributed by atoms with Gasteiger partial charge in [-0.25, -0.2) is 0 Å². The normalized spacial score (nSPS) is 17.9. The van der Waals surface area contributed by atoms with Crippen LogP contribution in [0.5, 0.6) is 0 Å². The Morgan fingerprint density at radius 2 is 1.88 bits per heavy atom. The first-order chi connectivity index (χ1) is 8.16. The van der Waals surface area contributed by atoms with Crippen LogP contribution in [0.3, 0.4) is 0 Å². The van der Waals surface area contributed by atoms with E-state index in [4.69, 9.17) is 18.0 Å². The Balaban J connectivity index is 1.96. The Morgan fingerprint density at radius 3 is 2.41 bits per heavy atom. The smallest absolute Gasteiger partial charge is 0.103 e. The Labute approximate surface area is 109 Å². The van der Waals surface area contributed by atoms with Crippen LogP contribution in [-0.4, -0.2) is 11.0 Å². The van der Waals surface area contributed by atoms with E-state index >= 15 is 0 Å². The number of nitrogens with one attached hydrogen (secondary N) is 1. The Morgan fingerprint density at radius 1 is 1.29 bits per heavy atom. The van der Waals surface area contributed by atoms with Gasteiger partial charge in [-0.3, -0.25) is 0 Å². The van der Waals surface area contributed by atoms with Crippen molar-refractivity contribution >= 4 is 22.9 Å². The highest BCUT2D eigenvalue weighted by atomic mass is 32.1. The van der Waals surface area contributed by atoms with E-state index in [2.05, 4.69) is 24.4 Å². The van der Waals surface area contributed by atoms with E-state index in [1.165, 1.54) is 25.7 Å². The molecule has 1 aliphatic rings. The maximum Gasteiger partial charge on any atom is 0.103 e. The second kappa shape index (κ2) is 5.50. The Bertz CT molecular complexity index is 380. The minimum absolute atomic E-state index is 0.459. The molecule has 3 N–H and O–H groups in total. The van der Waals surface area contributed by atoms with Crippen LogP contribution in [0.2, 0.25) is 0 Å². The number of hydrogen-bond acceptors (Lipinski definition) is 2. The molecule has 17 heavy (non-hydrogen) atoms. The molecule has 1 aromatic carbocycles. The van der Waals surface area contributed by atoms with Crippen molar-refractivity contribution in [3.05, 3.63) is 29.8 Å². The van der Waals surface area contributed by atoms with Crippen LogP contribution in [-0.2, 0) is 0 Å². The van der Waals surface area contributed by atoms with Crippen LogP contribution in [0, 0.1) is 5.92 Å². The van der Waals surface area contributed by atoms with Gasteiger partial charge < -0.3 is 11.1 Å². The summed E-state index contributed by atoms with van der Waals surface area (Å²) >= 11 is 4.94. The van der Waals surface area contributed by atoms with Crippen molar-refractivity contribution < 1.29 is 0 Å². The van der Waals surface area contributed by atoms with E-state index in [-0.39, 0.29) is 0 Å². The fourth-order valence-electron chi connectivity index (χ4n) is 2.57. The van der Waals surface area contributed by atoms with Crippen molar-refractivity contribution in [2.75, 3.05) is 5.32 Å². The topological polar surface area (TPSA) is 38.0 Å². The highest BCUT2D eigenvalue weighted by Crippen LogP contribution is 2.29. The summed E-state index contributed by atoms with van der Waals surface area (Å²) in [5.41, 5.74) is 7.66. The summed E-state index contributed by atoms with van der Waals surface area (Å²) in [6.45, 7) is 2.28. The van der Waals surface area contributed by atoms with Gasteiger partial charge in [-0.15, -0.1) is 0 Å². The molecule has 2 nitrogen and oxygen atoms in total. The summed E-state index contributed by atoms with van der Waals surface area (Å²) in [5, 5.41) is 3.57. The van der Waals surface area contributed by atoms with Gasteiger partial charge >= 0.3 is 0 Å². The summed E-state index contributed by atoms with van der Waals surface area (Å²) in [7, 11) is 0. The maximum absolute atomic E-state index is 5.58. The van der Waals surface area contributed by atoms with Crippen molar-refractivity contribution in [2.45, 2.75) is 38.6 Å². The van der Waals surface area contributed by atoms with Crippen molar-refractivity contribution in [1.82, 2.24) is 0 Å². The van der Waals surface area contributed by atoms with Gasteiger partial charge in [0.25, 0.3) is 0 Å². The van der Waals surface area contributed by atoms with Gasteiger partial charge in [0, 0.05) is 17.3 Å². The van der Waals surface area contributed by atoms with Gasteiger partial charge in [0.1, 0.15) is 4.99 Å². The van der Waals surface area contributed by atoms with Gasteiger partial charge in [-0.1, -0.05) is 25.1 Å². The monoisotopic (exact) mass is 248 g/mol. The molecule has 1 aromatic rings. The summed E-state index contributed by atoms with van der Waals surface area (Å²) in [6.07, 6.45) is 5.49. The van der Waals surface area contributed by atoms with Gasteiger partial charge in [-0.05, 0) is 49.9 Å². The SMILES string of the molecule is CC(Nc1ccc(C(N)=S)cc1)C1CCCC1. The third kappa shape index (κ3) is 3.19. The van der Waals surface area contributed by atoms with Gasteiger partial charge in [-0.2, -0.15) is 0 Å². The van der Waals surface area contributed by atoms with Gasteiger partial charge in [0.2, 0.25) is 0 Å². The lowest BCUT2D eigenvalue weighted by atomic mass is 9.99. The molecule has 1 unspecified atom stereocenters. The summed E-state index contributed by atoms with van der Waals surface area (Å²) in [5.74, 6) is 0.824. The molecule has 0 bridgehead atoms. The maximum atomic E-state index is 5.58. The fraction of sp³-hybridized carbons (Fsp3) is 0.500. The van der Waals surface area contributed by atoms with E-state index in [1.54, 1.807) is 0 Å². The third-order valence-electron chi connectivity index (χ3n) is 3.67. The zero-order valence-electron chi connectivity index (χ0n) is 10.3. The number of nitrogens with two attached hydrogens (primary N) is 1. The van der Waals surface area contributed by atoms with Gasteiger partial charge in [0.15, 0.2) is 0 Å². The molecule has 0 saturated heterocycles. The summed E-state index contributed by atoms with van der Waals surface area (Å²) in [4.78, 5) is 0.459. The molecule has 1 atom stereocenters. The quantitative estimate of drug-likeness (QED) is 0.803. The van der Waals surface area contributed by atoms with E-state index in [0.29, 0.717) is 11.0 Å². The molecule has 0 amide bonds. The van der Waals surface area contributed by atoms with Crippen molar-refractivity contribution in [3.8, 4) is 0 Å². The highest BCUT2D eigenvalue weighted by molar-refractivity contribution is 7.80. The molecule has 1 fully saturated rings. The lowest BCUT2D eigenvalue weighted by Crippen LogP contribution is -2.23. The molecule has 92 valence electrons.